The number of amides is 2. The fraction of sp³-hybridized carbons (Fsp3) is 0.775. The molecular weight excluding hydrogens is 787 g/mol. The molecule has 5 saturated carbocycles. The molecular formula is C40H58N2O10Sn. The zero-order chi connectivity index (χ0) is 38.2. The van der Waals surface area contributed by atoms with Crippen LogP contribution in [-0.2, 0) is 33.3 Å². The first-order valence-electron chi connectivity index (χ1n) is 19.5. The third-order valence-corrected chi connectivity index (χ3v) is 21.3. The van der Waals surface area contributed by atoms with Crippen LogP contribution in [0.25, 0.3) is 0 Å². The topological polar surface area (TPSA) is 144 Å². The van der Waals surface area contributed by atoms with Crippen LogP contribution in [0.4, 0.5) is 5.69 Å². The molecule has 1 spiro atoms. The van der Waals surface area contributed by atoms with Crippen molar-refractivity contribution >= 4 is 45.4 Å². The number of nitrogens with zero attached hydrogens (tertiary/aromatic N) is 2. The molecule has 7 aliphatic rings. The number of likely N-dealkylation sites (N-methyl/N-ethyl adjacent to an activating group) is 1. The first-order chi connectivity index (χ1) is 25.0. The molecule has 8 rings (SSSR count). The Kier molecular flexibility index (Phi) is 9.14. The molecule has 2 heterocycles. The summed E-state index contributed by atoms with van der Waals surface area (Å²) in [5.41, 5.74) is -4.08. The number of hydrogen-bond acceptors (Lipinski definition) is 11. The van der Waals surface area contributed by atoms with E-state index < -0.39 is 64.4 Å². The van der Waals surface area contributed by atoms with Gasteiger partial charge >= 0.3 is 288 Å². The Balaban J connectivity index is 1.24. The molecule has 7 fully saturated rings. The zero-order valence-electron chi connectivity index (χ0n) is 32.7. The third kappa shape index (κ3) is 4.69. The van der Waals surface area contributed by atoms with Crippen molar-refractivity contribution in [1.29, 1.82) is 0 Å². The number of carbonyl (C=O) groups is 3. The van der Waals surface area contributed by atoms with Crippen LogP contribution in [0.2, 0.25) is 14.8 Å². The summed E-state index contributed by atoms with van der Waals surface area (Å²) in [5.74, 6) is -2.40. The summed E-state index contributed by atoms with van der Waals surface area (Å²) in [6, 6.07) is 5.08. The molecule has 12 nitrogen and oxygen atoms in total. The molecule has 7 bridgehead atoms. The minimum atomic E-state index is -2.74. The number of fused-ring (bicyclic) bond motifs is 2. The summed E-state index contributed by atoms with van der Waals surface area (Å²) in [6.07, 6.45) is 0.817. The number of esters is 1. The van der Waals surface area contributed by atoms with Crippen LogP contribution >= 0.6 is 0 Å². The standard InChI is InChI=1S/C37H49N2O10.3CH3.Sn/c1-7-38-17-34(18-49-32(42)20-10-8-9-11-23(20)39-26(40)14-19(2)31(39)41)13-12-25(46-4)36-22-15-21-24(45-3)16-35(43,27(22)28(21)47-5)37(44,33(36)38)30(48-6)29(34)36;;;;/h9-11,19,21-22,24-25,27-30,33,43-44H,7,12-18H2,1-6H3;3*1H3;/t19-,21+,22+,24-,25-,27+,28-,29?,30?,33-,34-,35+,36-,37-;;;;/m0..../s1. The predicted octanol–water partition coefficient (Wildman–Crippen LogP) is 2.58. The van der Waals surface area contributed by atoms with Gasteiger partial charge in [0.25, 0.3) is 0 Å². The molecule has 0 aromatic heterocycles. The molecule has 1 aromatic carbocycles. The van der Waals surface area contributed by atoms with E-state index in [0.29, 0.717) is 25.9 Å². The van der Waals surface area contributed by atoms with Crippen molar-refractivity contribution in [2.45, 2.75) is 102 Å². The SMILES string of the molecule is CCN1C[C@]2(COC(=O)c3c[c]([Sn]([CH3])([CH3])[CH3])ccc3N3C(=O)C[C@H](C)C3=O)CC[C@H](OC)[C@@]34C2C(OC)[C@](O)([C@@H]13)[C@@]1(O)C[C@H](OC)[C@H]2C[C@@H]4[C@@H]1[C@H]2OC. The van der Waals surface area contributed by atoms with Crippen molar-refractivity contribution in [3.8, 4) is 0 Å². The number of piperidine rings is 1. The van der Waals surface area contributed by atoms with Gasteiger partial charge in [0.15, 0.2) is 0 Å². The quantitative estimate of drug-likeness (QED) is 0.204. The van der Waals surface area contributed by atoms with E-state index in [2.05, 4.69) is 26.6 Å². The van der Waals surface area contributed by atoms with Gasteiger partial charge < -0.3 is 9.47 Å². The molecule has 292 valence electrons. The fourth-order valence-corrected chi connectivity index (χ4v) is 17.0. The van der Waals surface area contributed by atoms with Gasteiger partial charge in [0.2, 0.25) is 0 Å². The number of rotatable bonds is 10. The first kappa shape index (κ1) is 38.2. The molecule has 5 aliphatic carbocycles. The van der Waals surface area contributed by atoms with E-state index in [9.17, 15) is 24.6 Å². The van der Waals surface area contributed by atoms with Gasteiger partial charge in [-0.15, -0.1) is 0 Å². The number of carbonyl (C=O) groups excluding carboxylic acids is 3. The van der Waals surface area contributed by atoms with Crippen molar-refractivity contribution < 1.29 is 48.3 Å². The van der Waals surface area contributed by atoms with Crippen molar-refractivity contribution in [3.63, 3.8) is 0 Å². The molecule has 14 atom stereocenters. The van der Waals surface area contributed by atoms with Gasteiger partial charge in [-0.05, 0) is 0 Å². The van der Waals surface area contributed by atoms with Crippen LogP contribution in [0, 0.1) is 40.4 Å². The average molecular weight is 846 g/mol. The smallest absolute Gasteiger partial charge is 0.381 e. The van der Waals surface area contributed by atoms with Gasteiger partial charge in [0.1, 0.15) is 0 Å². The number of imide groups is 1. The first-order valence-corrected chi connectivity index (χ1v) is 29.5. The summed E-state index contributed by atoms with van der Waals surface area (Å²) in [5, 5.41) is 26.8. The Labute approximate surface area is 317 Å². The average Bonchev–Trinajstić information content (AvgIpc) is 3.65. The van der Waals surface area contributed by atoms with E-state index in [0.717, 1.165) is 14.9 Å². The number of anilines is 1. The number of methoxy groups -OCH3 is 4. The Morgan fingerprint density at radius 1 is 1.04 bits per heavy atom. The van der Waals surface area contributed by atoms with Crippen LogP contribution < -0.4 is 8.48 Å². The summed E-state index contributed by atoms with van der Waals surface area (Å²) < 4.78 is 32.8. The Hall–Kier alpha value is -1.65. The van der Waals surface area contributed by atoms with Gasteiger partial charge in [-0.2, -0.15) is 0 Å². The third-order valence-electron chi connectivity index (χ3n) is 15.5. The maximum atomic E-state index is 14.6. The summed E-state index contributed by atoms with van der Waals surface area (Å²) in [4.78, 5) is 51.2. The second-order valence-corrected chi connectivity index (χ2v) is 32.9. The van der Waals surface area contributed by atoms with E-state index in [1.54, 1.807) is 41.4 Å². The minimum absolute atomic E-state index is 0.0404. The van der Waals surface area contributed by atoms with Crippen LogP contribution in [0.15, 0.2) is 18.2 Å². The van der Waals surface area contributed by atoms with Gasteiger partial charge in [-0.3, -0.25) is 0 Å². The minimum Gasteiger partial charge on any atom is -0.381 e. The van der Waals surface area contributed by atoms with Crippen LogP contribution in [0.3, 0.4) is 0 Å². The van der Waals surface area contributed by atoms with E-state index in [4.69, 9.17) is 23.7 Å². The van der Waals surface area contributed by atoms with Crippen molar-refractivity contribution in [1.82, 2.24) is 4.90 Å². The number of hydrogen-bond donors (Lipinski definition) is 2. The molecule has 2 aliphatic heterocycles. The molecule has 2 N–H and O–H groups in total. The van der Waals surface area contributed by atoms with Crippen LogP contribution in [-0.4, -0.2) is 141 Å². The molecule has 0 radical (unpaired) electrons. The van der Waals surface area contributed by atoms with Crippen LogP contribution in [0.1, 0.15) is 56.3 Å². The number of benzene rings is 1. The Morgan fingerprint density at radius 2 is 1.77 bits per heavy atom. The molecule has 2 amide bonds. The fourth-order valence-electron chi connectivity index (χ4n) is 13.7. The monoisotopic (exact) mass is 846 g/mol. The van der Waals surface area contributed by atoms with Gasteiger partial charge in [0, 0.05) is 14.2 Å². The second-order valence-electron chi connectivity index (χ2n) is 18.4. The van der Waals surface area contributed by atoms with Crippen LogP contribution in [0.5, 0.6) is 0 Å². The van der Waals surface area contributed by atoms with Gasteiger partial charge in [-0.25, -0.2) is 0 Å². The molecule has 1 aromatic rings. The van der Waals surface area contributed by atoms with Gasteiger partial charge in [0.05, 0.1) is 6.10 Å². The van der Waals surface area contributed by atoms with Crippen molar-refractivity contribution in [2.75, 3.05) is 53.0 Å². The molecule has 2 unspecified atom stereocenters. The predicted molar refractivity (Wildman–Crippen MR) is 197 cm³/mol. The van der Waals surface area contributed by atoms with E-state index >= 15 is 0 Å². The normalized spacial score (nSPS) is 45.6. The Bertz CT molecular complexity index is 1700. The summed E-state index contributed by atoms with van der Waals surface area (Å²) in [7, 11) is 6.74. The zero-order valence-corrected chi connectivity index (χ0v) is 35.6. The second kappa shape index (κ2) is 12.7. The van der Waals surface area contributed by atoms with E-state index in [-0.39, 0.29) is 84.5 Å². The summed E-state index contributed by atoms with van der Waals surface area (Å²) >= 11 is -2.74. The van der Waals surface area contributed by atoms with Crippen molar-refractivity contribution in [2.24, 2.45) is 40.4 Å². The molecule has 2 saturated heterocycles. The number of ether oxygens (including phenoxy) is 5. The maximum absolute atomic E-state index is 14.6. The Morgan fingerprint density at radius 3 is 2.36 bits per heavy atom. The number of aliphatic hydroxyl groups is 2. The van der Waals surface area contributed by atoms with Gasteiger partial charge in [-0.1, -0.05) is 0 Å². The molecule has 53 heavy (non-hydrogen) atoms. The van der Waals surface area contributed by atoms with E-state index in [1.807, 2.05) is 12.1 Å². The van der Waals surface area contributed by atoms with E-state index in [1.165, 1.54) is 0 Å². The molecule has 13 heteroatoms. The number of likely N-dealkylation sites (tertiary alicyclic amines) is 1. The summed E-state index contributed by atoms with van der Waals surface area (Å²) in [6.45, 7) is 5.00. The van der Waals surface area contributed by atoms with Crippen molar-refractivity contribution in [3.05, 3.63) is 23.8 Å².